The molecule has 0 spiro atoms. The van der Waals surface area contributed by atoms with Crippen LogP contribution in [0.3, 0.4) is 0 Å². The Morgan fingerprint density at radius 1 is 1.35 bits per heavy atom. The van der Waals surface area contributed by atoms with Gasteiger partial charge in [-0.25, -0.2) is 4.98 Å². The Labute approximate surface area is 149 Å². The topological polar surface area (TPSA) is 58.2 Å². The molecule has 1 aromatic carbocycles. The Hall–Kier alpha value is -1.43. The summed E-state index contributed by atoms with van der Waals surface area (Å²) in [6.07, 6.45) is 3.30. The Morgan fingerprint density at radius 2 is 2.00 bits per heavy atom. The van der Waals surface area contributed by atoms with Gasteiger partial charge in [0.05, 0.1) is 10.0 Å². The summed E-state index contributed by atoms with van der Waals surface area (Å²) >= 11 is 18.1. The van der Waals surface area contributed by atoms with E-state index in [-0.39, 0.29) is 21.8 Å². The van der Waals surface area contributed by atoms with Crippen LogP contribution in [0.2, 0.25) is 15.1 Å². The summed E-state index contributed by atoms with van der Waals surface area (Å²) in [4.78, 5) is 20.9. The lowest BCUT2D eigenvalue weighted by molar-refractivity contribution is 0.0283. The molecule has 5 nitrogen and oxygen atoms in total. The van der Waals surface area contributed by atoms with Crippen molar-refractivity contribution in [2.24, 2.45) is 0 Å². The van der Waals surface area contributed by atoms with Gasteiger partial charge in [0.15, 0.2) is 17.8 Å². The first-order valence-electron chi connectivity index (χ1n) is 7.05. The van der Waals surface area contributed by atoms with Gasteiger partial charge in [-0.05, 0) is 25.5 Å². The van der Waals surface area contributed by atoms with Gasteiger partial charge in [-0.2, -0.15) is 0 Å². The van der Waals surface area contributed by atoms with Crippen molar-refractivity contribution in [2.75, 3.05) is 6.54 Å². The molecule has 0 fully saturated rings. The fourth-order valence-electron chi connectivity index (χ4n) is 2.08. The maximum atomic E-state index is 12.5. The molecule has 1 amide bonds. The van der Waals surface area contributed by atoms with Crippen molar-refractivity contribution in [3.8, 4) is 5.75 Å². The molecule has 2 rings (SSSR count). The minimum Gasteiger partial charge on any atom is -0.468 e. The smallest absolute Gasteiger partial charge is 0.292 e. The first-order valence-corrected chi connectivity index (χ1v) is 8.19. The maximum absolute atomic E-state index is 12.5. The monoisotopic (exact) mass is 375 g/mol. The molecule has 0 aliphatic heterocycles. The van der Waals surface area contributed by atoms with Crippen LogP contribution in [0.15, 0.2) is 24.5 Å². The number of carbonyl (C=O) groups excluding carboxylic acids is 1. The third-order valence-corrected chi connectivity index (χ3v) is 3.90. The molecule has 0 bridgehead atoms. The number of hydrogen-bond acceptors (Lipinski definition) is 3. The summed E-state index contributed by atoms with van der Waals surface area (Å²) in [5.74, 6) is 0.284. The molecule has 0 radical (unpaired) electrons. The number of benzene rings is 1. The van der Waals surface area contributed by atoms with E-state index in [0.717, 1.165) is 6.42 Å². The Bertz CT molecular complexity index is 654. The van der Waals surface area contributed by atoms with Crippen molar-refractivity contribution in [3.05, 3.63) is 45.4 Å². The van der Waals surface area contributed by atoms with Crippen LogP contribution < -0.4 is 4.74 Å². The average molecular weight is 377 g/mol. The maximum Gasteiger partial charge on any atom is 0.292 e. The van der Waals surface area contributed by atoms with Gasteiger partial charge in [0, 0.05) is 24.0 Å². The molecule has 1 unspecified atom stereocenters. The zero-order valence-electron chi connectivity index (χ0n) is 12.6. The molecule has 2 aromatic rings. The van der Waals surface area contributed by atoms with E-state index in [9.17, 15) is 4.79 Å². The summed E-state index contributed by atoms with van der Waals surface area (Å²) < 4.78 is 5.81. The lowest BCUT2D eigenvalue weighted by atomic mass is 10.3. The van der Waals surface area contributed by atoms with Crippen LogP contribution in [-0.4, -0.2) is 33.5 Å². The predicted octanol–water partition coefficient (Wildman–Crippen LogP) is 4.65. The highest BCUT2D eigenvalue weighted by Crippen LogP contribution is 2.36. The van der Waals surface area contributed by atoms with Gasteiger partial charge in [-0.15, -0.1) is 0 Å². The van der Waals surface area contributed by atoms with Gasteiger partial charge in [-0.1, -0.05) is 41.7 Å². The van der Waals surface area contributed by atoms with Crippen LogP contribution in [-0.2, 0) is 0 Å². The number of rotatable bonds is 6. The van der Waals surface area contributed by atoms with E-state index in [1.54, 1.807) is 18.0 Å². The summed E-state index contributed by atoms with van der Waals surface area (Å²) in [6.45, 7) is 4.22. The lowest BCUT2D eigenvalue weighted by Gasteiger charge is -2.29. The number of carbonyl (C=O) groups is 1. The van der Waals surface area contributed by atoms with Crippen LogP contribution in [0.1, 0.15) is 30.9 Å². The molecule has 1 N–H and O–H groups in total. The van der Waals surface area contributed by atoms with Crippen LogP contribution in [0.5, 0.6) is 5.75 Å². The van der Waals surface area contributed by atoms with Gasteiger partial charge in [0.25, 0.3) is 5.91 Å². The van der Waals surface area contributed by atoms with Crippen LogP contribution >= 0.6 is 34.8 Å². The molecule has 0 aliphatic rings. The summed E-state index contributed by atoms with van der Waals surface area (Å²) in [6, 6.07) is 3.07. The van der Waals surface area contributed by atoms with Crippen LogP contribution in [0.4, 0.5) is 0 Å². The molecule has 8 heteroatoms. The Morgan fingerprint density at radius 3 is 2.52 bits per heavy atom. The third-order valence-electron chi connectivity index (χ3n) is 3.12. The average Bonchev–Trinajstić information content (AvgIpc) is 3.01. The molecule has 0 aliphatic carbocycles. The van der Waals surface area contributed by atoms with E-state index >= 15 is 0 Å². The zero-order valence-corrected chi connectivity index (χ0v) is 14.9. The van der Waals surface area contributed by atoms with Crippen molar-refractivity contribution in [1.29, 1.82) is 0 Å². The number of nitrogens with zero attached hydrogens (tertiary/aromatic N) is 2. The second-order valence-electron chi connectivity index (χ2n) is 4.85. The van der Waals surface area contributed by atoms with Crippen LogP contribution in [0, 0.1) is 0 Å². The van der Waals surface area contributed by atoms with Crippen molar-refractivity contribution >= 4 is 40.7 Å². The minimum atomic E-state index is -0.580. The van der Waals surface area contributed by atoms with E-state index < -0.39 is 6.23 Å². The SMILES string of the molecule is CCCN(C(=O)c1ncc[nH]1)C(C)Oc1c(Cl)cc(Cl)cc1Cl. The van der Waals surface area contributed by atoms with E-state index in [1.165, 1.54) is 18.3 Å². The van der Waals surface area contributed by atoms with Gasteiger partial charge < -0.3 is 14.6 Å². The van der Waals surface area contributed by atoms with Gasteiger partial charge in [-0.3, -0.25) is 4.79 Å². The number of aromatic amines is 1. The number of H-pyrrole nitrogens is 1. The standard InChI is InChI=1S/C15H16Cl3N3O2/c1-3-6-21(15(22)14-19-4-5-20-14)9(2)23-13-11(17)7-10(16)8-12(13)18/h4-5,7-9H,3,6H2,1-2H3,(H,19,20). The van der Waals surface area contributed by atoms with Crippen molar-refractivity contribution < 1.29 is 9.53 Å². The van der Waals surface area contributed by atoms with E-state index in [0.29, 0.717) is 17.3 Å². The van der Waals surface area contributed by atoms with Crippen molar-refractivity contribution in [2.45, 2.75) is 26.5 Å². The Kier molecular flexibility index (Phi) is 6.16. The highest BCUT2D eigenvalue weighted by Gasteiger charge is 2.25. The fraction of sp³-hybridized carbons (Fsp3) is 0.333. The first-order chi connectivity index (χ1) is 10.9. The molecular weight excluding hydrogens is 361 g/mol. The second-order valence-corrected chi connectivity index (χ2v) is 6.10. The number of aromatic nitrogens is 2. The van der Waals surface area contributed by atoms with Crippen molar-refractivity contribution in [1.82, 2.24) is 14.9 Å². The molecule has 0 saturated carbocycles. The number of imidazole rings is 1. The molecule has 1 aromatic heterocycles. The lowest BCUT2D eigenvalue weighted by Crippen LogP contribution is -2.43. The fourth-order valence-corrected chi connectivity index (χ4v) is 2.99. The molecule has 0 saturated heterocycles. The largest absolute Gasteiger partial charge is 0.468 e. The Balaban J connectivity index is 2.22. The highest BCUT2D eigenvalue weighted by atomic mass is 35.5. The molecular formula is C15H16Cl3N3O2. The number of halogens is 3. The number of nitrogens with one attached hydrogen (secondary N) is 1. The summed E-state index contributed by atoms with van der Waals surface area (Å²) in [5, 5.41) is 0.990. The van der Waals surface area contributed by atoms with Gasteiger partial charge in [0.2, 0.25) is 0 Å². The van der Waals surface area contributed by atoms with Gasteiger partial charge >= 0.3 is 0 Å². The first kappa shape index (κ1) is 17.9. The van der Waals surface area contributed by atoms with E-state index in [4.69, 9.17) is 39.5 Å². The normalized spacial score (nSPS) is 12.0. The van der Waals surface area contributed by atoms with Gasteiger partial charge in [0.1, 0.15) is 0 Å². The molecule has 124 valence electrons. The second kappa shape index (κ2) is 7.90. The van der Waals surface area contributed by atoms with Crippen molar-refractivity contribution in [3.63, 3.8) is 0 Å². The predicted molar refractivity (Wildman–Crippen MR) is 91.5 cm³/mol. The number of amides is 1. The summed E-state index contributed by atoms with van der Waals surface area (Å²) in [7, 11) is 0. The summed E-state index contributed by atoms with van der Waals surface area (Å²) in [5.41, 5.74) is 0. The molecule has 1 atom stereocenters. The van der Waals surface area contributed by atoms with E-state index in [1.807, 2.05) is 6.92 Å². The quantitative estimate of drug-likeness (QED) is 0.747. The molecule has 23 heavy (non-hydrogen) atoms. The number of hydrogen-bond donors (Lipinski definition) is 1. The minimum absolute atomic E-state index is 0.252. The highest BCUT2D eigenvalue weighted by molar-refractivity contribution is 6.40. The number of ether oxygens (including phenoxy) is 1. The molecule has 1 heterocycles. The third kappa shape index (κ3) is 4.31. The van der Waals surface area contributed by atoms with E-state index in [2.05, 4.69) is 9.97 Å². The van der Waals surface area contributed by atoms with Crippen LogP contribution in [0.25, 0.3) is 0 Å². The zero-order chi connectivity index (χ0) is 17.0.